The Morgan fingerprint density at radius 1 is 1.29 bits per heavy atom. The van der Waals surface area contributed by atoms with Gasteiger partial charge in [-0.15, -0.1) is 0 Å². The first-order valence-corrected chi connectivity index (χ1v) is 7.72. The molecule has 1 rings (SSSR count). The first kappa shape index (κ1) is 14.2. The quantitative estimate of drug-likeness (QED) is 0.643. The summed E-state index contributed by atoms with van der Waals surface area (Å²) in [5, 5.41) is 9.27. The van der Waals surface area contributed by atoms with Gasteiger partial charge < -0.3 is 0 Å². The SMILES string of the molecule is N#CCc1ccc(S(=O)(=O)NCCCBr)cc1. The van der Waals surface area contributed by atoms with Gasteiger partial charge in [-0.2, -0.15) is 5.26 Å². The highest BCUT2D eigenvalue weighted by atomic mass is 79.9. The highest BCUT2D eigenvalue weighted by Crippen LogP contribution is 2.10. The molecule has 0 saturated carbocycles. The minimum atomic E-state index is -3.42. The van der Waals surface area contributed by atoms with Crippen molar-refractivity contribution in [2.24, 2.45) is 0 Å². The van der Waals surface area contributed by atoms with Crippen molar-refractivity contribution in [3.05, 3.63) is 29.8 Å². The maximum Gasteiger partial charge on any atom is 0.240 e. The number of nitriles is 1. The molecule has 6 heteroatoms. The van der Waals surface area contributed by atoms with Gasteiger partial charge in [-0.25, -0.2) is 13.1 Å². The molecule has 1 aromatic carbocycles. The Kier molecular flexibility index (Phi) is 5.62. The van der Waals surface area contributed by atoms with Crippen molar-refractivity contribution in [2.45, 2.75) is 17.7 Å². The maximum absolute atomic E-state index is 11.8. The summed E-state index contributed by atoms with van der Waals surface area (Å²) < 4.78 is 26.1. The monoisotopic (exact) mass is 316 g/mol. The first-order valence-electron chi connectivity index (χ1n) is 5.11. The van der Waals surface area contributed by atoms with Crippen molar-refractivity contribution in [1.82, 2.24) is 4.72 Å². The summed E-state index contributed by atoms with van der Waals surface area (Å²) in [7, 11) is -3.42. The molecule has 1 N–H and O–H groups in total. The second kappa shape index (κ2) is 6.74. The zero-order valence-electron chi connectivity index (χ0n) is 9.19. The number of nitrogens with zero attached hydrogens (tertiary/aromatic N) is 1. The van der Waals surface area contributed by atoms with Gasteiger partial charge in [0.2, 0.25) is 10.0 Å². The molecule has 92 valence electrons. The lowest BCUT2D eigenvalue weighted by Gasteiger charge is -2.06. The van der Waals surface area contributed by atoms with Gasteiger partial charge in [-0.3, -0.25) is 0 Å². The molecule has 0 aliphatic rings. The van der Waals surface area contributed by atoms with Crippen LogP contribution in [0.15, 0.2) is 29.2 Å². The molecule has 0 atom stereocenters. The summed E-state index contributed by atoms with van der Waals surface area (Å²) in [5.74, 6) is 0. The van der Waals surface area contributed by atoms with Gasteiger partial charge in [-0.1, -0.05) is 28.1 Å². The molecular formula is C11H13BrN2O2S. The molecule has 0 amide bonds. The number of rotatable bonds is 6. The predicted molar refractivity (Wildman–Crippen MR) is 69.4 cm³/mol. The third kappa shape index (κ3) is 4.46. The molecule has 0 fully saturated rings. The van der Waals surface area contributed by atoms with Crippen molar-refractivity contribution in [1.29, 1.82) is 5.26 Å². The van der Waals surface area contributed by atoms with Gasteiger partial charge in [0.15, 0.2) is 0 Å². The lowest BCUT2D eigenvalue weighted by atomic mass is 10.2. The van der Waals surface area contributed by atoms with Crippen molar-refractivity contribution in [3.8, 4) is 6.07 Å². The van der Waals surface area contributed by atoms with E-state index in [2.05, 4.69) is 20.7 Å². The van der Waals surface area contributed by atoms with Crippen LogP contribution in [0.4, 0.5) is 0 Å². The second-order valence-corrected chi connectivity index (χ2v) is 5.98. The Hall–Kier alpha value is -0.900. The van der Waals surface area contributed by atoms with E-state index >= 15 is 0 Å². The molecule has 0 spiro atoms. The smallest absolute Gasteiger partial charge is 0.211 e. The number of alkyl halides is 1. The number of halogens is 1. The topological polar surface area (TPSA) is 70.0 Å². The minimum absolute atomic E-state index is 0.230. The van der Waals surface area contributed by atoms with E-state index in [1.165, 1.54) is 12.1 Å². The van der Waals surface area contributed by atoms with Crippen LogP contribution in [0.5, 0.6) is 0 Å². The fraction of sp³-hybridized carbons (Fsp3) is 0.364. The van der Waals surface area contributed by atoms with Gasteiger partial charge >= 0.3 is 0 Å². The summed E-state index contributed by atoms with van der Waals surface area (Å²) in [4.78, 5) is 0.230. The second-order valence-electron chi connectivity index (χ2n) is 3.42. The summed E-state index contributed by atoms with van der Waals surface area (Å²) in [6.07, 6.45) is 1.03. The van der Waals surface area contributed by atoms with E-state index in [4.69, 9.17) is 5.26 Å². The van der Waals surface area contributed by atoms with Crippen molar-refractivity contribution in [2.75, 3.05) is 11.9 Å². The van der Waals surface area contributed by atoms with Crippen LogP contribution in [0.1, 0.15) is 12.0 Å². The van der Waals surface area contributed by atoms with Crippen LogP contribution in [0, 0.1) is 11.3 Å². The average molecular weight is 317 g/mol. The molecule has 0 saturated heterocycles. The number of nitrogens with one attached hydrogen (secondary N) is 1. The van der Waals surface area contributed by atoms with Gasteiger partial charge in [-0.05, 0) is 24.1 Å². The molecule has 4 nitrogen and oxygen atoms in total. The summed E-state index contributed by atoms with van der Waals surface area (Å²) in [6.45, 7) is 0.410. The Morgan fingerprint density at radius 2 is 1.94 bits per heavy atom. The lowest BCUT2D eigenvalue weighted by molar-refractivity contribution is 0.581. The summed E-state index contributed by atoms with van der Waals surface area (Å²) in [5.41, 5.74) is 0.812. The molecule has 0 radical (unpaired) electrons. The van der Waals surface area contributed by atoms with Gasteiger partial charge in [0.1, 0.15) is 0 Å². The van der Waals surface area contributed by atoms with Crippen LogP contribution in [0.2, 0.25) is 0 Å². The van der Waals surface area contributed by atoms with E-state index in [1.807, 2.05) is 6.07 Å². The normalized spacial score (nSPS) is 11.1. The number of sulfonamides is 1. The molecule has 0 aliphatic carbocycles. The summed E-state index contributed by atoms with van der Waals surface area (Å²) in [6, 6.07) is 8.36. The Balaban J connectivity index is 2.75. The van der Waals surface area contributed by atoms with E-state index < -0.39 is 10.0 Å². The highest BCUT2D eigenvalue weighted by Gasteiger charge is 2.12. The average Bonchev–Trinajstić information content (AvgIpc) is 2.30. The number of hydrogen-bond donors (Lipinski definition) is 1. The van der Waals surface area contributed by atoms with Crippen molar-refractivity contribution >= 4 is 26.0 Å². The third-order valence-electron chi connectivity index (χ3n) is 2.12. The number of hydrogen-bond acceptors (Lipinski definition) is 3. The molecule has 0 heterocycles. The standard InChI is InChI=1S/C11H13BrN2O2S/c12-7-1-9-14-17(15,16)11-4-2-10(3-5-11)6-8-13/h2-5,14H,1,6-7,9H2. The van der Waals surface area contributed by atoms with Gasteiger partial charge in [0.05, 0.1) is 17.4 Å². The Labute approximate surface area is 110 Å². The van der Waals surface area contributed by atoms with Crippen LogP contribution in [-0.4, -0.2) is 20.3 Å². The van der Waals surface area contributed by atoms with E-state index in [1.54, 1.807) is 12.1 Å². The Morgan fingerprint density at radius 3 is 2.47 bits per heavy atom. The highest BCUT2D eigenvalue weighted by molar-refractivity contribution is 9.09. The largest absolute Gasteiger partial charge is 0.240 e. The van der Waals surface area contributed by atoms with Gasteiger partial charge in [0, 0.05) is 11.9 Å². The van der Waals surface area contributed by atoms with Gasteiger partial charge in [0.25, 0.3) is 0 Å². The third-order valence-corrected chi connectivity index (χ3v) is 4.16. The Bertz CT molecular complexity index is 491. The minimum Gasteiger partial charge on any atom is -0.211 e. The van der Waals surface area contributed by atoms with Crippen molar-refractivity contribution < 1.29 is 8.42 Å². The van der Waals surface area contributed by atoms with Crippen LogP contribution in [0.25, 0.3) is 0 Å². The van der Waals surface area contributed by atoms with E-state index in [0.717, 1.165) is 17.3 Å². The van der Waals surface area contributed by atoms with Crippen LogP contribution in [0.3, 0.4) is 0 Å². The van der Waals surface area contributed by atoms with Crippen molar-refractivity contribution in [3.63, 3.8) is 0 Å². The fourth-order valence-electron chi connectivity index (χ4n) is 1.23. The molecule has 0 aliphatic heterocycles. The fourth-order valence-corrected chi connectivity index (χ4v) is 2.59. The first-order chi connectivity index (χ1) is 8.10. The summed E-state index contributed by atoms with van der Waals surface area (Å²) >= 11 is 3.23. The molecule has 0 aromatic heterocycles. The number of benzene rings is 1. The maximum atomic E-state index is 11.8. The van der Waals surface area contributed by atoms with Crippen LogP contribution < -0.4 is 4.72 Å². The van der Waals surface area contributed by atoms with E-state index in [0.29, 0.717) is 6.54 Å². The molecule has 0 bridgehead atoms. The molecule has 0 unspecified atom stereocenters. The van der Waals surface area contributed by atoms with Crippen LogP contribution in [-0.2, 0) is 16.4 Å². The molecular weight excluding hydrogens is 304 g/mol. The molecule has 1 aromatic rings. The molecule has 17 heavy (non-hydrogen) atoms. The van der Waals surface area contributed by atoms with E-state index in [9.17, 15) is 8.42 Å². The predicted octanol–water partition coefficient (Wildman–Crippen LogP) is 1.82. The van der Waals surface area contributed by atoms with Crippen LogP contribution >= 0.6 is 15.9 Å². The lowest BCUT2D eigenvalue weighted by Crippen LogP contribution is -2.24. The zero-order valence-corrected chi connectivity index (χ0v) is 11.6. The zero-order chi connectivity index (χ0) is 12.7. The van der Waals surface area contributed by atoms with E-state index in [-0.39, 0.29) is 11.3 Å².